The van der Waals surface area contributed by atoms with Gasteiger partial charge in [-0.25, -0.2) is 0 Å². The van der Waals surface area contributed by atoms with Crippen LogP contribution in [0.15, 0.2) is 48.5 Å². The van der Waals surface area contributed by atoms with E-state index in [4.69, 9.17) is 10.5 Å². The lowest BCUT2D eigenvalue weighted by atomic mass is 10.1. The minimum atomic E-state index is 0.0726. The summed E-state index contributed by atoms with van der Waals surface area (Å²) in [4.78, 5) is 0. The molecular weight excluding hydrogens is 260 g/mol. The molecule has 0 aliphatic rings. The van der Waals surface area contributed by atoms with Crippen LogP contribution in [-0.4, -0.2) is 12.6 Å². The van der Waals surface area contributed by atoms with Crippen LogP contribution in [-0.2, 0) is 0 Å². The lowest BCUT2D eigenvalue weighted by molar-refractivity contribution is 0.242. The summed E-state index contributed by atoms with van der Waals surface area (Å²) in [5.41, 5.74) is 9.39. The van der Waals surface area contributed by atoms with Crippen molar-refractivity contribution in [2.75, 3.05) is 11.9 Å². The van der Waals surface area contributed by atoms with Gasteiger partial charge in [-0.1, -0.05) is 29.8 Å². The average molecular weight is 284 g/mol. The van der Waals surface area contributed by atoms with E-state index in [9.17, 15) is 0 Å². The van der Waals surface area contributed by atoms with Gasteiger partial charge in [-0.3, -0.25) is 0 Å². The number of benzene rings is 2. The molecule has 0 aromatic heterocycles. The maximum absolute atomic E-state index is 5.93. The molecule has 3 nitrogen and oxygen atoms in total. The van der Waals surface area contributed by atoms with E-state index in [1.54, 1.807) is 0 Å². The summed E-state index contributed by atoms with van der Waals surface area (Å²) >= 11 is 0. The first-order valence-corrected chi connectivity index (χ1v) is 7.38. The molecule has 0 radical (unpaired) electrons. The van der Waals surface area contributed by atoms with Gasteiger partial charge in [0.2, 0.25) is 0 Å². The second-order valence-electron chi connectivity index (χ2n) is 5.54. The number of nitrogens with two attached hydrogens (primary N) is 1. The van der Waals surface area contributed by atoms with Crippen LogP contribution in [0.2, 0.25) is 0 Å². The molecule has 0 bridgehead atoms. The summed E-state index contributed by atoms with van der Waals surface area (Å²) in [6.07, 6.45) is 0.168. The Bertz CT molecular complexity index is 564. The van der Waals surface area contributed by atoms with Crippen LogP contribution in [0.1, 0.15) is 31.0 Å². The highest BCUT2D eigenvalue weighted by atomic mass is 16.5. The number of anilines is 1. The molecule has 3 N–H and O–H groups in total. The molecule has 0 fully saturated rings. The minimum absolute atomic E-state index is 0.0726. The standard InChI is InChI=1S/C18H24N2O/c1-13(2)21-17-6-4-5-15(11-17)18(12-19)20-16-9-7-14(3)8-10-16/h4-11,13,18,20H,12,19H2,1-3H3. The SMILES string of the molecule is Cc1ccc(NC(CN)c2cccc(OC(C)C)c2)cc1. The fourth-order valence-electron chi connectivity index (χ4n) is 2.21. The van der Waals surface area contributed by atoms with Gasteiger partial charge >= 0.3 is 0 Å². The van der Waals surface area contributed by atoms with E-state index in [0.29, 0.717) is 6.54 Å². The second kappa shape index (κ2) is 7.14. The molecule has 0 spiro atoms. The molecule has 21 heavy (non-hydrogen) atoms. The van der Waals surface area contributed by atoms with E-state index in [-0.39, 0.29) is 12.1 Å². The van der Waals surface area contributed by atoms with E-state index < -0.39 is 0 Å². The summed E-state index contributed by atoms with van der Waals surface area (Å²) in [6, 6.07) is 16.5. The van der Waals surface area contributed by atoms with Crippen LogP contribution in [0.25, 0.3) is 0 Å². The highest BCUT2D eigenvalue weighted by Crippen LogP contribution is 2.23. The van der Waals surface area contributed by atoms with Crippen LogP contribution in [0.3, 0.4) is 0 Å². The topological polar surface area (TPSA) is 47.3 Å². The molecule has 0 amide bonds. The number of hydrogen-bond donors (Lipinski definition) is 2. The first kappa shape index (κ1) is 15.4. The van der Waals surface area contributed by atoms with Crippen LogP contribution in [0.5, 0.6) is 5.75 Å². The number of rotatable bonds is 6. The van der Waals surface area contributed by atoms with Crippen molar-refractivity contribution in [2.24, 2.45) is 5.73 Å². The van der Waals surface area contributed by atoms with E-state index in [1.165, 1.54) is 5.56 Å². The Morgan fingerprint density at radius 3 is 2.43 bits per heavy atom. The summed E-state index contributed by atoms with van der Waals surface area (Å²) < 4.78 is 5.75. The predicted octanol–water partition coefficient (Wildman–Crippen LogP) is 3.89. The Kier molecular flexibility index (Phi) is 5.23. The van der Waals surface area contributed by atoms with E-state index in [2.05, 4.69) is 48.6 Å². The van der Waals surface area contributed by atoms with Gasteiger partial charge < -0.3 is 15.8 Å². The number of ether oxygens (including phenoxy) is 1. The molecule has 2 aromatic rings. The van der Waals surface area contributed by atoms with Gasteiger partial charge in [0.1, 0.15) is 5.75 Å². The van der Waals surface area contributed by atoms with Crippen molar-refractivity contribution in [3.63, 3.8) is 0 Å². The summed E-state index contributed by atoms with van der Waals surface area (Å²) in [7, 11) is 0. The van der Waals surface area contributed by atoms with E-state index in [1.807, 2.05) is 26.0 Å². The van der Waals surface area contributed by atoms with Crippen molar-refractivity contribution in [3.05, 3.63) is 59.7 Å². The summed E-state index contributed by atoms with van der Waals surface area (Å²) in [5.74, 6) is 0.881. The first-order chi connectivity index (χ1) is 10.1. The van der Waals surface area contributed by atoms with Gasteiger partial charge in [0.15, 0.2) is 0 Å². The van der Waals surface area contributed by atoms with Crippen molar-refractivity contribution < 1.29 is 4.74 Å². The van der Waals surface area contributed by atoms with E-state index in [0.717, 1.165) is 17.0 Å². The Morgan fingerprint density at radius 1 is 1.10 bits per heavy atom. The van der Waals surface area contributed by atoms with Crippen LogP contribution in [0.4, 0.5) is 5.69 Å². The Balaban J connectivity index is 2.15. The Labute approximate surface area is 127 Å². The van der Waals surface area contributed by atoms with Gasteiger partial charge in [0.25, 0.3) is 0 Å². The fraction of sp³-hybridized carbons (Fsp3) is 0.333. The Hall–Kier alpha value is -2.00. The molecule has 0 heterocycles. The number of hydrogen-bond acceptors (Lipinski definition) is 3. The number of aryl methyl sites for hydroxylation is 1. The zero-order chi connectivity index (χ0) is 15.2. The molecule has 0 aliphatic heterocycles. The van der Waals surface area contributed by atoms with Gasteiger partial charge in [-0.05, 0) is 50.6 Å². The minimum Gasteiger partial charge on any atom is -0.491 e. The molecule has 2 rings (SSSR count). The zero-order valence-electron chi connectivity index (χ0n) is 13.0. The molecule has 3 heteroatoms. The molecule has 112 valence electrons. The average Bonchev–Trinajstić information content (AvgIpc) is 2.46. The molecule has 2 aromatic carbocycles. The molecule has 0 saturated carbocycles. The third-order valence-electron chi connectivity index (χ3n) is 3.26. The van der Waals surface area contributed by atoms with Crippen LogP contribution >= 0.6 is 0 Å². The smallest absolute Gasteiger partial charge is 0.120 e. The normalized spacial score (nSPS) is 12.2. The van der Waals surface area contributed by atoms with Crippen molar-refractivity contribution in [3.8, 4) is 5.75 Å². The quantitative estimate of drug-likeness (QED) is 0.846. The third-order valence-corrected chi connectivity index (χ3v) is 3.26. The predicted molar refractivity (Wildman–Crippen MR) is 88.8 cm³/mol. The van der Waals surface area contributed by atoms with Gasteiger partial charge in [0, 0.05) is 12.2 Å². The highest BCUT2D eigenvalue weighted by Gasteiger charge is 2.10. The number of nitrogens with one attached hydrogen (secondary N) is 1. The molecular formula is C18H24N2O. The van der Waals surface area contributed by atoms with Crippen molar-refractivity contribution in [1.29, 1.82) is 0 Å². The van der Waals surface area contributed by atoms with Crippen LogP contribution < -0.4 is 15.8 Å². The largest absolute Gasteiger partial charge is 0.491 e. The van der Waals surface area contributed by atoms with Crippen molar-refractivity contribution >= 4 is 5.69 Å². The summed E-state index contributed by atoms with van der Waals surface area (Å²) in [5, 5.41) is 3.47. The zero-order valence-corrected chi connectivity index (χ0v) is 13.0. The van der Waals surface area contributed by atoms with E-state index >= 15 is 0 Å². The molecule has 1 atom stereocenters. The van der Waals surface area contributed by atoms with Crippen LogP contribution in [0, 0.1) is 6.92 Å². The van der Waals surface area contributed by atoms with Gasteiger partial charge in [0.05, 0.1) is 12.1 Å². The fourth-order valence-corrected chi connectivity index (χ4v) is 2.21. The second-order valence-corrected chi connectivity index (χ2v) is 5.54. The lowest BCUT2D eigenvalue weighted by Crippen LogP contribution is -2.20. The van der Waals surface area contributed by atoms with Crippen molar-refractivity contribution in [2.45, 2.75) is 32.9 Å². The van der Waals surface area contributed by atoms with Gasteiger partial charge in [-0.15, -0.1) is 0 Å². The monoisotopic (exact) mass is 284 g/mol. The van der Waals surface area contributed by atoms with Crippen molar-refractivity contribution in [1.82, 2.24) is 0 Å². The van der Waals surface area contributed by atoms with Gasteiger partial charge in [-0.2, -0.15) is 0 Å². The first-order valence-electron chi connectivity index (χ1n) is 7.38. The lowest BCUT2D eigenvalue weighted by Gasteiger charge is -2.20. The molecule has 1 unspecified atom stereocenters. The maximum atomic E-state index is 5.93. The maximum Gasteiger partial charge on any atom is 0.120 e. The summed E-state index contributed by atoms with van der Waals surface area (Å²) in [6.45, 7) is 6.66. The molecule has 0 saturated heterocycles. The highest BCUT2D eigenvalue weighted by molar-refractivity contribution is 5.47. The Morgan fingerprint density at radius 2 is 1.81 bits per heavy atom. The molecule has 0 aliphatic carbocycles. The third kappa shape index (κ3) is 4.50.